The Labute approximate surface area is 67.1 Å². The van der Waals surface area contributed by atoms with E-state index in [0.717, 1.165) is 6.42 Å². The first-order chi connectivity index (χ1) is 5.04. The molecule has 0 amide bonds. The number of hydrogen-bond donors (Lipinski definition) is 0. The SMILES string of the molecule is CC1CCOP(=O)(N(C)C)O1. The van der Waals surface area contributed by atoms with E-state index in [-0.39, 0.29) is 6.10 Å². The van der Waals surface area contributed by atoms with Crippen LogP contribution in [0, 0.1) is 0 Å². The molecular formula is C6H14NO3P. The second kappa shape index (κ2) is 3.23. The molecule has 1 aliphatic heterocycles. The molecule has 2 atom stereocenters. The summed E-state index contributed by atoms with van der Waals surface area (Å²) in [6.45, 7) is 2.43. The highest BCUT2D eigenvalue weighted by molar-refractivity contribution is 7.51. The van der Waals surface area contributed by atoms with Crippen molar-refractivity contribution in [1.82, 2.24) is 4.67 Å². The third-order valence-electron chi connectivity index (χ3n) is 1.58. The molecule has 1 fully saturated rings. The maximum Gasteiger partial charge on any atom is 0.407 e. The molecule has 2 unspecified atom stereocenters. The van der Waals surface area contributed by atoms with Gasteiger partial charge in [-0.2, -0.15) is 0 Å². The molecule has 5 heteroatoms. The molecule has 0 radical (unpaired) electrons. The van der Waals surface area contributed by atoms with Gasteiger partial charge in [-0.1, -0.05) is 0 Å². The van der Waals surface area contributed by atoms with Crippen molar-refractivity contribution in [3.8, 4) is 0 Å². The molecule has 4 nitrogen and oxygen atoms in total. The van der Waals surface area contributed by atoms with Crippen molar-refractivity contribution in [3.63, 3.8) is 0 Å². The Kier molecular flexibility index (Phi) is 2.70. The second-order valence-electron chi connectivity index (χ2n) is 2.85. The van der Waals surface area contributed by atoms with Gasteiger partial charge in [-0.3, -0.25) is 9.05 Å². The van der Waals surface area contributed by atoms with Crippen LogP contribution in [0.4, 0.5) is 0 Å². The summed E-state index contributed by atoms with van der Waals surface area (Å²) in [5.74, 6) is 0. The fourth-order valence-corrected chi connectivity index (χ4v) is 2.23. The van der Waals surface area contributed by atoms with E-state index in [4.69, 9.17) is 9.05 Å². The van der Waals surface area contributed by atoms with E-state index in [2.05, 4.69) is 0 Å². The molecule has 0 aliphatic carbocycles. The molecule has 0 aromatic rings. The molecule has 66 valence electrons. The fourth-order valence-electron chi connectivity index (χ4n) is 0.854. The van der Waals surface area contributed by atoms with Crippen molar-refractivity contribution in [3.05, 3.63) is 0 Å². The Morgan fingerprint density at radius 1 is 1.55 bits per heavy atom. The Morgan fingerprint density at radius 2 is 2.18 bits per heavy atom. The first-order valence-corrected chi connectivity index (χ1v) is 5.15. The van der Waals surface area contributed by atoms with Crippen LogP contribution in [-0.4, -0.2) is 31.5 Å². The van der Waals surface area contributed by atoms with E-state index in [1.165, 1.54) is 4.67 Å². The van der Waals surface area contributed by atoms with Crippen LogP contribution < -0.4 is 0 Å². The van der Waals surface area contributed by atoms with Crippen molar-refractivity contribution in [2.45, 2.75) is 19.4 Å². The largest absolute Gasteiger partial charge is 0.407 e. The third-order valence-corrected chi connectivity index (χ3v) is 3.70. The Bertz CT molecular complexity index is 183. The van der Waals surface area contributed by atoms with Crippen molar-refractivity contribution >= 4 is 7.75 Å². The number of rotatable bonds is 1. The van der Waals surface area contributed by atoms with Gasteiger partial charge < -0.3 is 0 Å². The minimum absolute atomic E-state index is 0.0389. The predicted octanol–water partition coefficient (Wildman–Crippen LogP) is 1.48. The van der Waals surface area contributed by atoms with Crippen LogP contribution in [0.3, 0.4) is 0 Å². The molecule has 1 heterocycles. The van der Waals surface area contributed by atoms with Crippen LogP contribution in [0.15, 0.2) is 0 Å². The van der Waals surface area contributed by atoms with Gasteiger partial charge in [0.15, 0.2) is 0 Å². The molecule has 0 spiro atoms. The zero-order valence-electron chi connectivity index (χ0n) is 7.11. The van der Waals surface area contributed by atoms with Crippen LogP contribution >= 0.6 is 7.75 Å². The van der Waals surface area contributed by atoms with Gasteiger partial charge in [0.05, 0.1) is 12.7 Å². The molecule has 0 aromatic heterocycles. The lowest BCUT2D eigenvalue weighted by Gasteiger charge is -2.30. The highest BCUT2D eigenvalue weighted by Crippen LogP contribution is 2.53. The lowest BCUT2D eigenvalue weighted by Crippen LogP contribution is -2.24. The van der Waals surface area contributed by atoms with Crippen LogP contribution in [0.1, 0.15) is 13.3 Å². The van der Waals surface area contributed by atoms with Gasteiger partial charge >= 0.3 is 7.75 Å². The van der Waals surface area contributed by atoms with Crippen molar-refractivity contribution in [2.75, 3.05) is 20.7 Å². The van der Waals surface area contributed by atoms with Gasteiger partial charge in [0.2, 0.25) is 0 Å². The average molecular weight is 179 g/mol. The van der Waals surface area contributed by atoms with E-state index < -0.39 is 7.75 Å². The fraction of sp³-hybridized carbons (Fsp3) is 1.00. The third kappa shape index (κ3) is 2.03. The first kappa shape index (κ1) is 9.20. The maximum absolute atomic E-state index is 11.6. The normalized spacial score (nSPS) is 39.5. The molecule has 0 aromatic carbocycles. The minimum Gasteiger partial charge on any atom is -0.297 e. The molecule has 0 bridgehead atoms. The van der Waals surface area contributed by atoms with Gasteiger partial charge in [0.1, 0.15) is 0 Å². The van der Waals surface area contributed by atoms with Crippen molar-refractivity contribution < 1.29 is 13.6 Å². The summed E-state index contributed by atoms with van der Waals surface area (Å²) in [7, 11) is 0.478. The summed E-state index contributed by atoms with van der Waals surface area (Å²) in [5.41, 5.74) is 0. The predicted molar refractivity (Wildman–Crippen MR) is 42.4 cm³/mol. The monoisotopic (exact) mass is 179 g/mol. The molecule has 1 aliphatic rings. The Hall–Kier alpha value is 0.110. The summed E-state index contributed by atoms with van der Waals surface area (Å²) in [6, 6.07) is 0. The minimum atomic E-state index is -2.91. The smallest absolute Gasteiger partial charge is 0.297 e. The maximum atomic E-state index is 11.6. The van der Waals surface area contributed by atoms with Crippen LogP contribution in [0.25, 0.3) is 0 Å². The van der Waals surface area contributed by atoms with Crippen LogP contribution in [0.2, 0.25) is 0 Å². The summed E-state index contributed by atoms with van der Waals surface area (Å²) in [4.78, 5) is 0. The Morgan fingerprint density at radius 3 is 2.55 bits per heavy atom. The van der Waals surface area contributed by atoms with Crippen molar-refractivity contribution in [1.29, 1.82) is 0 Å². The van der Waals surface area contributed by atoms with E-state index >= 15 is 0 Å². The van der Waals surface area contributed by atoms with Crippen molar-refractivity contribution in [2.24, 2.45) is 0 Å². The molecule has 11 heavy (non-hydrogen) atoms. The standard InChI is InChI=1S/C6H14NO3P/c1-6-4-5-9-11(8,10-6)7(2)3/h6H,4-5H2,1-3H3. The number of nitrogens with zero attached hydrogens (tertiary/aromatic N) is 1. The number of hydrogen-bond acceptors (Lipinski definition) is 3. The van der Waals surface area contributed by atoms with E-state index in [1.807, 2.05) is 6.92 Å². The second-order valence-corrected chi connectivity index (χ2v) is 5.06. The average Bonchev–Trinajstić information content (AvgIpc) is 1.86. The molecular weight excluding hydrogens is 165 g/mol. The topological polar surface area (TPSA) is 38.8 Å². The van der Waals surface area contributed by atoms with E-state index in [1.54, 1.807) is 14.1 Å². The summed E-state index contributed by atoms with van der Waals surface area (Å²) < 4.78 is 23.4. The Balaban J connectivity index is 2.63. The van der Waals surface area contributed by atoms with Gasteiger partial charge in [-0.05, 0) is 27.4 Å². The summed E-state index contributed by atoms with van der Waals surface area (Å²) >= 11 is 0. The van der Waals surface area contributed by atoms with Gasteiger partial charge in [0.25, 0.3) is 0 Å². The first-order valence-electron chi connectivity index (χ1n) is 3.65. The zero-order chi connectivity index (χ0) is 8.48. The molecule has 1 rings (SSSR count). The van der Waals surface area contributed by atoms with Gasteiger partial charge in [-0.25, -0.2) is 9.24 Å². The summed E-state index contributed by atoms with van der Waals surface area (Å²) in [6.07, 6.45) is 0.856. The van der Waals surface area contributed by atoms with Crippen LogP contribution in [0.5, 0.6) is 0 Å². The highest BCUT2D eigenvalue weighted by Gasteiger charge is 2.33. The lowest BCUT2D eigenvalue weighted by atomic mass is 10.3. The van der Waals surface area contributed by atoms with E-state index in [0.29, 0.717) is 6.61 Å². The van der Waals surface area contributed by atoms with Gasteiger partial charge in [-0.15, -0.1) is 0 Å². The highest BCUT2D eigenvalue weighted by atomic mass is 31.2. The van der Waals surface area contributed by atoms with Gasteiger partial charge in [0, 0.05) is 0 Å². The van der Waals surface area contributed by atoms with Crippen LogP contribution in [-0.2, 0) is 13.6 Å². The molecule has 1 saturated heterocycles. The quantitative estimate of drug-likeness (QED) is 0.571. The lowest BCUT2D eigenvalue weighted by molar-refractivity contribution is 0.0715. The van der Waals surface area contributed by atoms with E-state index in [9.17, 15) is 4.57 Å². The zero-order valence-corrected chi connectivity index (χ0v) is 8.01. The molecule has 0 N–H and O–H groups in total. The summed E-state index contributed by atoms with van der Waals surface area (Å²) in [5, 5.41) is 0. The molecule has 0 saturated carbocycles.